The van der Waals surface area contributed by atoms with E-state index in [1.54, 1.807) is 0 Å². The molecule has 0 unspecified atom stereocenters. The van der Waals surface area contributed by atoms with Gasteiger partial charge in [0.15, 0.2) is 0 Å². The smallest absolute Gasteiger partial charge is 0.223 e. The molecule has 2 rings (SSSR count). The summed E-state index contributed by atoms with van der Waals surface area (Å²) in [5.74, 6) is 0.233. The van der Waals surface area contributed by atoms with Crippen molar-refractivity contribution in [2.24, 2.45) is 11.7 Å². The highest BCUT2D eigenvalue weighted by Gasteiger charge is 2.27. The fraction of sp³-hybridized carbons (Fsp3) is 0.579. The molecule has 25 heavy (non-hydrogen) atoms. The number of carbonyl (C=O) groups is 2. The number of nitrogens with two attached hydrogens (primary N) is 1. The zero-order valence-corrected chi connectivity index (χ0v) is 16.0. The van der Waals surface area contributed by atoms with Gasteiger partial charge in [0.1, 0.15) is 0 Å². The molecule has 2 amide bonds. The Hall–Kier alpha value is -1.59. The predicted octanol–water partition coefficient (Wildman–Crippen LogP) is 2.13. The molecule has 1 aromatic rings. The van der Waals surface area contributed by atoms with Crippen LogP contribution in [0, 0.1) is 5.92 Å². The van der Waals surface area contributed by atoms with Crippen LogP contribution in [-0.2, 0) is 16.0 Å². The summed E-state index contributed by atoms with van der Waals surface area (Å²) in [6, 6.07) is 10.1. The molecule has 1 saturated heterocycles. The number of rotatable bonds is 6. The Morgan fingerprint density at radius 1 is 1.20 bits per heavy atom. The number of halogens is 1. The Kier molecular flexibility index (Phi) is 8.39. The number of hydrogen-bond acceptors (Lipinski definition) is 3. The molecule has 1 aromatic carbocycles. The lowest BCUT2D eigenvalue weighted by atomic mass is 9.95. The maximum absolute atomic E-state index is 12.3. The number of likely N-dealkylation sites (tertiary alicyclic amines) is 1. The van der Waals surface area contributed by atoms with Crippen molar-refractivity contribution in [1.29, 1.82) is 0 Å². The van der Waals surface area contributed by atoms with Crippen molar-refractivity contribution in [3.63, 3.8) is 0 Å². The highest BCUT2D eigenvalue weighted by Crippen LogP contribution is 2.18. The lowest BCUT2D eigenvalue weighted by Gasteiger charge is -2.32. The van der Waals surface area contributed by atoms with Crippen LogP contribution < -0.4 is 11.1 Å². The molecule has 6 heteroatoms. The Bertz CT molecular complexity index is 550. The zero-order chi connectivity index (χ0) is 17.6. The second kappa shape index (κ2) is 9.78. The van der Waals surface area contributed by atoms with E-state index in [1.165, 1.54) is 5.56 Å². The molecule has 0 bridgehead atoms. The standard InChI is InChI=1S/C19H29N3O2.ClH/c1-19(2,20)14-21-18(24)16-10-12-22(13-11-16)17(23)9-8-15-6-4-3-5-7-15;/h3-7,16H,8-14,20H2,1-2H3,(H,21,24);1H. The largest absolute Gasteiger partial charge is 0.354 e. The van der Waals surface area contributed by atoms with Crippen LogP contribution in [0.1, 0.15) is 38.7 Å². The topological polar surface area (TPSA) is 75.4 Å². The third-order valence-electron chi connectivity index (χ3n) is 4.41. The first kappa shape index (κ1) is 21.5. The number of benzene rings is 1. The third kappa shape index (κ3) is 7.45. The van der Waals surface area contributed by atoms with Gasteiger partial charge in [0.05, 0.1) is 0 Å². The van der Waals surface area contributed by atoms with Gasteiger partial charge in [0.25, 0.3) is 0 Å². The minimum atomic E-state index is -0.399. The van der Waals surface area contributed by atoms with Crippen molar-refractivity contribution in [2.45, 2.75) is 45.1 Å². The SMILES string of the molecule is CC(C)(N)CNC(=O)C1CCN(C(=O)CCc2ccccc2)CC1.Cl. The van der Waals surface area contributed by atoms with Crippen molar-refractivity contribution in [1.82, 2.24) is 10.2 Å². The Balaban J connectivity index is 0.00000312. The minimum Gasteiger partial charge on any atom is -0.354 e. The van der Waals surface area contributed by atoms with Gasteiger partial charge < -0.3 is 16.0 Å². The van der Waals surface area contributed by atoms with Crippen molar-refractivity contribution in [3.8, 4) is 0 Å². The molecule has 0 saturated carbocycles. The van der Waals surface area contributed by atoms with Gasteiger partial charge in [-0.05, 0) is 38.7 Å². The molecular formula is C19H30ClN3O2. The number of piperidine rings is 1. The van der Waals surface area contributed by atoms with E-state index in [1.807, 2.05) is 49.1 Å². The molecule has 1 aliphatic heterocycles. The molecule has 0 spiro atoms. The highest BCUT2D eigenvalue weighted by atomic mass is 35.5. The van der Waals surface area contributed by atoms with Crippen molar-refractivity contribution in [3.05, 3.63) is 35.9 Å². The van der Waals surface area contributed by atoms with E-state index in [2.05, 4.69) is 5.32 Å². The van der Waals surface area contributed by atoms with E-state index < -0.39 is 5.54 Å². The Labute approximate surface area is 156 Å². The molecule has 1 aliphatic rings. The quantitative estimate of drug-likeness (QED) is 0.808. The summed E-state index contributed by atoms with van der Waals surface area (Å²) in [5.41, 5.74) is 6.67. The van der Waals surface area contributed by atoms with Gasteiger partial charge in [-0.15, -0.1) is 12.4 Å². The van der Waals surface area contributed by atoms with E-state index >= 15 is 0 Å². The second-order valence-corrected chi connectivity index (χ2v) is 7.35. The number of nitrogens with one attached hydrogen (secondary N) is 1. The Morgan fingerprint density at radius 3 is 2.36 bits per heavy atom. The minimum absolute atomic E-state index is 0. The molecular weight excluding hydrogens is 338 g/mol. The van der Waals surface area contributed by atoms with Crippen LogP contribution in [0.2, 0.25) is 0 Å². The zero-order valence-electron chi connectivity index (χ0n) is 15.2. The van der Waals surface area contributed by atoms with Crippen molar-refractivity contribution >= 4 is 24.2 Å². The van der Waals surface area contributed by atoms with Crippen LogP contribution in [0.25, 0.3) is 0 Å². The van der Waals surface area contributed by atoms with E-state index in [0.29, 0.717) is 26.1 Å². The summed E-state index contributed by atoms with van der Waals surface area (Å²) < 4.78 is 0. The number of carbonyl (C=O) groups excluding carboxylic acids is 2. The van der Waals surface area contributed by atoms with Crippen LogP contribution >= 0.6 is 12.4 Å². The average molecular weight is 368 g/mol. The highest BCUT2D eigenvalue weighted by molar-refractivity contribution is 5.85. The first-order chi connectivity index (χ1) is 11.3. The number of hydrogen-bond donors (Lipinski definition) is 2. The first-order valence-corrected chi connectivity index (χ1v) is 8.73. The summed E-state index contributed by atoms with van der Waals surface area (Å²) >= 11 is 0. The molecule has 5 nitrogen and oxygen atoms in total. The number of nitrogens with zero attached hydrogens (tertiary/aromatic N) is 1. The van der Waals surface area contributed by atoms with Gasteiger partial charge in [-0.2, -0.15) is 0 Å². The molecule has 1 fully saturated rings. The van der Waals surface area contributed by atoms with Gasteiger partial charge >= 0.3 is 0 Å². The maximum atomic E-state index is 12.3. The molecule has 3 N–H and O–H groups in total. The fourth-order valence-electron chi connectivity index (χ4n) is 2.90. The molecule has 0 aliphatic carbocycles. The molecule has 0 radical (unpaired) electrons. The monoisotopic (exact) mass is 367 g/mol. The third-order valence-corrected chi connectivity index (χ3v) is 4.41. The van der Waals surface area contributed by atoms with Crippen LogP contribution in [0.15, 0.2) is 30.3 Å². The van der Waals surface area contributed by atoms with Crippen LogP contribution in [-0.4, -0.2) is 41.9 Å². The van der Waals surface area contributed by atoms with Crippen molar-refractivity contribution < 1.29 is 9.59 Å². The van der Waals surface area contributed by atoms with Crippen molar-refractivity contribution in [2.75, 3.05) is 19.6 Å². The van der Waals surface area contributed by atoms with Crippen LogP contribution in [0.3, 0.4) is 0 Å². The predicted molar refractivity (Wildman–Crippen MR) is 103 cm³/mol. The summed E-state index contributed by atoms with van der Waals surface area (Å²) in [6.07, 6.45) is 2.76. The Morgan fingerprint density at radius 2 is 1.80 bits per heavy atom. The van der Waals surface area contributed by atoms with Gasteiger partial charge in [0, 0.05) is 37.5 Å². The fourth-order valence-corrected chi connectivity index (χ4v) is 2.90. The van der Waals surface area contributed by atoms with E-state index in [9.17, 15) is 9.59 Å². The maximum Gasteiger partial charge on any atom is 0.223 e. The van der Waals surface area contributed by atoms with Gasteiger partial charge in [-0.25, -0.2) is 0 Å². The van der Waals surface area contributed by atoms with Gasteiger partial charge in [-0.1, -0.05) is 30.3 Å². The normalized spacial score (nSPS) is 15.4. The summed E-state index contributed by atoms with van der Waals surface area (Å²) in [7, 11) is 0. The van der Waals surface area contributed by atoms with Gasteiger partial charge in [0.2, 0.25) is 11.8 Å². The molecule has 0 aromatic heterocycles. The number of amides is 2. The van der Waals surface area contributed by atoms with Gasteiger partial charge in [-0.3, -0.25) is 9.59 Å². The van der Waals surface area contributed by atoms with E-state index in [0.717, 1.165) is 19.3 Å². The first-order valence-electron chi connectivity index (χ1n) is 8.73. The number of aryl methyl sites for hydroxylation is 1. The molecule has 0 atom stereocenters. The molecule has 140 valence electrons. The summed E-state index contributed by atoms with van der Waals surface area (Å²) in [4.78, 5) is 26.4. The van der Waals surface area contributed by atoms with E-state index in [4.69, 9.17) is 5.73 Å². The van der Waals surface area contributed by atoms with E-state index in [-0.39, 0.29) is 30.1 Å². The summed E-state index contributed by atoms with van der Waals surface area (Å²) in [5, 5.41) is 2.92. The lowest BCUT2D eigenvalue weighted by Crippen LogP contribution is -2.48. The van der Waals surface area contributed by atoms with Crippen LogP contribution in [0.4, 0.5) is 0 Å². The molecule has 1 heterocycles. The van der Waals surface area contributed by atoms with Crippen LogP contribution in [0.5, 0.6) is 0 Å². The summed E-state index contributed by atoms with van der Waals surface area (Å²) in [6.45, 7) is 5.58. The second-order valence-electron chi connectivity index (χ2n) is 7.35. The average Bonchev–Trinajstić information content (AvgIpc) is 2.58. The lowest BCUT2D eigenvalue weighted by molar-refractivity contribution is -0.135.